The second-order valence-electron chi connectivity index (χ2n) is 2.60. The minimum Gasteiger partial charge on any atom is -0.466 e. The van der Waals surface area contributed by atoms with Crippen LogP contribution >= 0.6 is 0 Å². The molecule has 0 radical (unpaired) electrons. The van der Waals surface area contributed by atoms with Gasteiger partial charge in [0.25, 0.3) is 0 Å². The quantitative estimate of drug-likeness (QED) is 0.447. The van der Waals surface area contributed by atoms with E-state index < -0.39 is 5.97 Å². The molecule has 0 bridgehead atoms. The number of ether oxygens (including phenoxy) is 1. The molecule has 0 atom stereocenters. The number of benzene rings is 1. The van der Waals surface area contributed by atoms with Crippen molar-refractivity contribution in [2.45, 2.75) is 13.8 Å². The van der Waals surface area contributed by atoms with Crippen molar-refractivity contribution in [2.24, 2.45) is 0 Å². The lowest BCUT2D eigenvalue weighted by atomic mass is 10.1. The molecule has 1 aromatic rings. The third-order valence-corrected chi connectivity index (χ3v) is 1.72. The van der Waals surface area contributed by atoms with E-state index in [1.54, 1.807) is 30.3 Å². The molecule has 0 aliphatic rings. The van der Waals surface area contributed by atoms with Gasteiger partial charge in [0.15, 0.2) is 6.29 Å². The van der Waals surface area contributed by atoms with Gasteiger partial charge < -0.3 is 4.74 Å². The lowest BCUT2D eigenvalue weighted by Gasteiger charge is -1.96. The fourth-order valence-corrected chi connectivity index (χ4v) is 0.996. The van der Waals surface area contributed by atoms with Gasteiger partial charge in [-0.2, -0.15) is 0 Å². The van der Waals surface area contributed by atoms with Crippen LogP contribution in [0.5, 0.6) is 0 Å². The van der Waals surface area contributed by atoms with E-state index in [0.717, 1.165) is 6.29 Å². The summed E-state index contributed by atoms with van der Waals surface area (Å²) in [7, 11) is 1.30. The molecule has 0 aliphatic carbocycles. The van der Waals surface area contributed by atoms with Gasteiger partial charge in [0.2, 0.25) is 0 Å². The maximum atomic E-state index is 10.8. The predicted octanol–water partition coefficient (Wildman–Crippen LogP) is 2.71. The number of aldehydes is 1. The lowest BCUT2D eigenvalue weighted by Crippen LogP contribution is -1.94. The molecular formula is C13H16O3. The Hall–Kier alpha value is -1.90. The van der Waals surface area contributed by atoms with Crippen LogP contribution in [-0.4, -0.2) is 19.4 Å². The Morgan fingerprint density at radius 2 is 1.75 bits per heavy atom. The van der Waals surface area contributed by atoms with Crippen LogP contribution in [0.2, 0.25) is 0 Å². The Kier molecular flexibility index (Phi) is 7.41. The maximum absolute atomic E-state index is 10.8. The van der Waals surface area contributed by atoms with Crippen molar-refractivity contribution in [1.82, 2.24) is 0 Å². The molecule has 16 heavy (non-hydrogen) atoms. The topological polar surface area (TPSA) is 43.4 Å². The molecule has 0 N–H and O–H groups in total. The van der Waals surface area contributed by atoms with Gasteiger partial charge in [-0.1, -0.05) is 38.1 Å². The highest BCUT2D eigenvalue weighted by Crippen LogP contribution is 2.07. The molecule has 3 nitrogen and oxygen atoms in total. The van der Waals surface area contributed by atoms with Gasteiger partial charge in [0.1, 0.15) is 0 Å². The molecule has 0 heterocycles. The minimum absolute atomic E-state index is 0.439. The van der Waals surface area contributed by atoms with Gasteiger partial charge in [-0.15, -0.1) is 0 Å². The molecule has 0 amide bonds. The summed E-state index contributed by atoms with van der Waals surface area (Å²) in [5.41, 5.74) is 1.25. The third kappa shape index (κ3) is 4.55. The number of carbonyl (C=O) groups excluding carboxylic acids is 2. The molecule has 0 saturated heterocycles. The Morgan fingerprint density at radius 3 is 2.25 bits per heavy atom. The normalized spacial score (nSPS) is 9.19. The first kappa shape index (κ1) is 14.1. The third-order valence-electron chi connectivity index (χ3n) is 1.72. The summed E-state index contributed by atoms with van der Waals surface area (Å²) in [6, 6.07) is 7.00. The highest BCUT2D eigenvalue weighted by molar-refractivity contribution is 5.90. The first-order valence-corrected chi connectivity index (χ1v) is 5.08. The number of methoxy groups -OCH3 is 1. The van der Waals surface area contributed by atoms with Crippen LogP contribution in [0.25, 0.3) is 6.08 Å². The number of carbonyl (C=O) groups is 2. The molecule has 0 aromatic heterocycles. The summed E-state index contributed by atoms with van der Waals surface area (Å²) in [5, 5.41) is 0. The molecule has 0 spiro atoms. The van der Waals surface area contributed by atoms with E-state index in [1.165, 1.54) is 13.2 Å². The van der Waals surface area contributed by atoms with Crippen molar-refractivity contribution >= 4 is 18.3 Å². The van der Waals surface area contributed by atoms with Crippen molar-refractivity contribution in [2.75, 3.05) is 7.11 Å². The van der Waals surface area contributed by atoms with Crippen LogP contribution in [-0.2, 0) is 9.53 Å². The monoisotopic (exact) mass is 220 g/mol. The molecule has 0 aliphatic heterocycles. The molecular weight excluding hydrogens is 204 g/mol. The smallest absolute Gasteiger partial charge is 0.330 e. The summed E-state index contributed by atoms with van der Waals surface area (Å²) < 4.78 is 4.43. The van der Waals surface area contributed by atoms with Crippen LogP contribution in [0, 0.1) is 0 Å². The van der Waals surface area contributed by atoms with E-state index in [1.807, 2.05) is 13.8 Å². The second kappa shape index (κ2) is 8.41. The van der Waals surface area contributed by atoms with Crippen LogP contribution in [0.3, 0.4) is 0 Å². The molecule has 86 valence electrons. The van der Waals surface area contributed by atoms with Crippen molar-refractivity contribution in [3.05, 3.63) is 41.5 Å². The molecule has 0 fully saturated rings. The van der Waals surface area contributed by atoms with Crippen LogP contribution in [0.15, 0.2) is 30.3 Å². The van der Waals surface area contributed by atoms with Gasteiger partial charge in [-0.3, -0.25) is 4.79 Å². The number of esters is 1. The summed E-state index contributed by atoms with van der Waals surface area (Å²) in [4.78, 5) is 21.4. The van der Waals surface area contributed by atoms with Crippen molar-refractivity contribution in [3.8, 4) is 0 Å². The Labute approximate surface area is 95.7 Å². The van der Waals surface area contributed by atoms with Gasteiger partial charge in [-0.05, 0) is 11.6 Å². The predicted molar refractivity (Wildman–Crippen MR) is 64.2 cm³/mol. The van der Waals surface area contributed by atoms with Crippen LogP contribution < -0.4 is 0 Å². The van der Waals surface area contributed by atoms with Crippen molar-refractivity contribution < 1.29 is 14.3 Å². The minimum atomic E-state index is -0.439. The van der Waals surface area contributed by atoms with E-state index in [-0.39, 0.29) is 0 Å². The second-order valence-corrected chi connectivity index (χ2v) is 2.60. The molecule has 1 rings (SSSR count). The summed E-state index contributed by atoms with van der Waals surface area (Å²) in [6.07, 6.45) is 3.58. The number of hydrogen-bond donors (Lipinski definition) is 0. The van der Waals surface area contributed by atoms with E-state index in [0.29, 0.717) is 11.1 Å². The number of rotatable bonds is 3. The zero-order chi connectivity index (χ0) is 12.4. The number of hydrogen-bond acceptors (Lipinski definition) is 3. The highest BCUT2D eigenvalue weighted by Gasteiger charge is 1.97. The van der Waals surface area contributed by atoms with Crippen LogP contribution in [0.4, 0.5) is 0 Å². The molecule has 0 saturated carbocycles. The zero-order valence-electron chi connectivity index (χ0n) is 9.77. The van der Waals surface area contributed by atoms with Crippen LogP contribution in [0.1, 0.15) is 29.8 Å². The maximum Gasteiger partial charge on any atom is 0.330 e. The molecule has 1 aromatic carbocycles. The van der Waals surface area contributed by atoms with E-state index in [4.69, 9.17) is 0 Å². The zero-order valence-corrected chi connectivity index (χ0v) is 9.77. The van der Waals surface area contributed by atoms with E-state index in [9.17, 15) is 9.59 Å². The first-order chi connectivity index (χ1) is 7.77. The van der Waals surface area contributed by atoms with Crippen molar-refractivity contribution in [3.63, 3.8) is 0 Å². The van der Waals surface area contributed by atoms with Gasteiger partial charge >= 0.3 is 5.97 Å². The largest absolute Gasteiger partial charge is 0.466 e. The van der Waals surface area contributed by atoms with E-state index in [2.05, 4.69) is 4.74 Å². The Morgan fingerprint density at radius 1 is 1.19 bits per heavy atom. The summed E-state index contributed by atoms with van der Waals surface area (Å²) >= 11 is 0. The van der Waals surface area contributed by atoms with Crippen molar-refractivity contribution in [1.29, 1.82) is 0 Å². The lowest BCUT2D eigenvalue weighted by molar-refractivity contribution is -0.134. The average molecular weight is 220 g/mol. The molecule has 3 heteroatoms. The van der Waals surface area contributed by atoms with Gasteiger partial charge in [0, 0.05) is 11.6 Å². The highest BCUT2D eigenvalue weighted by atomic mass is 16.5. The summed E-state index contributed by atoms with van der Waals surface area (Å²) in [6.45, 7) is 4.00. The van der Waals surface area contributed by atoms with Gasteiger partial charge in [-0.25, -0.2) is 4.79 Å². The van der Waals surface area contributed by atoms with Gasteiger partial charge in [0.05, 0.1) is 7.11 Å². The first-order valence-electron chi connectivity index (χ1n) is 5.08. The Balaban J connectivity index is 0.00000106. The summed E-state index contributed by atoms with van der Waals surface area (Å²) in [5.74, 6) is -0.439. The Bertz CT molecular complexity index is 367. The fraction of sp³-hybridized carbons (Fsp3) is 0.231. The van der Waals surface area contributed by atoms with E-state index >= 15 is 0 Å². The average Bonchev–Trinajstić information content (AvgIpc) is 2.38. The molecule has 0 unspecified atom stereocenters. The SMILES string of the molecule is CC.COC(=O)/C=C/c1ccccc1C=O. The standard InChI is InChI=1S/C11H10O3.C2H6/c1-14-11(13)7-6-9-4-2-3-5-10(9)8-12;1-2/h2-8H,1H3;1-2H3/b7-6+;. The fourth-order valence-electron chi connectivity index (χ4n) is 0.996.